The van der Waals surface area contributed by atoms with Gasteiger partial charge in [0.25, 0.3) is 0 Å². The van der Waals surface area contributed by atoms with E-state index >= 15 is 0 Å². The van der Waals surface area contributed by atoms with Crippen molar-refractivity contribution in [1.82, 2.24) is 10.2 Å². The first-order valence-corrected chi connectivity index (χ1v) is 6.70. The molecule has 0 saturated carbocycles. The van der Waals surface area contributed by atoms with Gasteiger partial charge in [-0.1, -0.05) is 23.7 Å². The van der Waals surface area contributed by atoms with Gasteiger partial charge in [0.1, 0.15) is 0 Å². The number of piperidine rings is 1. The fourth-order valence-corrected chi connectivity index (χ4v) is 2.94. The van der Waals surface area contributed by atoms with E-state index in [1.807, 2.05) is 19.2 Å². The van der Waals surface area contributed by atoms with Crippen molar-refractivity contribution < 1.29 is 0 Å². The number of hydrogen-bond donors (Lipinski definition) is 1. The summed E-state index contributed by atoms with van der Waals surface area (Å²) in [6, 6.07) is 8.66. The summed E-state index contributed by atoms with van der Waals surface area (Å²) in [5.74, 6) is 0.717. The third kappa shape index (κ3) is 3.21. The van der Waals surface area contributed by atoms with Crippen molar-refractivity contribution in [3.63, 3.8) is 0 Å². The van der Waals surface area contributed by atoms with Gasteiger partial charge in [0.2, 0.25) is 0 Å². The van der Waals surface area contributed by atoms with E-state index < -0.39 is 0 Å². The Morgan fingerprint density at radius 1 is 1.35 bits per heavy atom. The van der Waals surface area contributed by atoms with Crippen LogP contribution in [0, 0.1) is 5.92 Å². The first-order valence-electron chi connectivity index (χ1n) is 6.32. The highest BCUT2D eigenvalue weighted by atomic mass is 35.5. The zero-order valence-electron chi connectivity index (χ0n) is 10.6. The molecule has 0 amide bonds. The van der Waals surface area contributed by atoms with Gasteiger partial charge in [-0.25, -0.2) is 0 Å². The van der Waals surface area contributed by atoms with Crippen molar-refractivity contribution in [3.05, 3.63) is 34.9 Å². The van der Waals surface area contributed by atoms with Gasteiger partial charge in [-0.3, -0.25) is 0 Å². The molecule has 0 radical (unpaired) electrons. The van der Waals surface area contributed by atoms with Crippen LogP contribution in [0.5, 0.6) is 0 Å². The summed E-state index contributed by atoms with van der Waals surface area (Å²) in [6.07, 6.45) is 2.52. The van der Waals surface area contributed by atoms with Gasteiger partial charge < -0.3 is 10.2 Å². The Kier molecular flexibility index (Phi) is 4.43. The molecule has 3 heteroatoms. The van der Waals surface area contributed by atoms with E-state index in [-0.39, 0.29) is 0 Å². The number of halogens is 1. The quantitative estimate of drug-likeness (QED) is 0.890. The summed E-state index contributed by atoms with van der Waals surface area (Å²) in [7, 11) is 4.24. The monoisotopic (exact) mass is 252 g/mol. The van der Waals surface area contributed by atoms with Gasteiger partial charge in [-0.05, 0) is 63.6 Å². The number of nitrogens with zero attached hydrogens (tertiary/aromatic N) is 1. The largest absolute Gasteiger partial charge is 0.313 e. The summed E-state index contributed by atoms with van der Waals surface area (Å²) >= 11 is 6.07. The molecule has 1 aromatic carbocycles. The Bertz CT molecular complexity index is 359. The van der Waals surface area contributed by atoms with Crippen LogP contribution in [0.3, 0.4) is 0 Å². The molecule has 1 saturated heterocycles. The summed E-state index contributed by atoms with van der Waals surface area (Å²) < 4.78 is 0. The van der Waals surface area contributed by atoms with Crippen LogP contribution in [0.2, 0.25) is 5.02 Å². The van der Waals surface area contributed by atoms with Gasteiger partial charge in [-0.2, -0.15) is 0 Å². The third-order valence-corrected chi connectivity index (χ3v) is 3.99. The molecule has 1 unspecified atom stereocenters. The molecule has 17 heavy (non-hydrogen) atoms. The maximum Gasteiger partial charge on any atom is 0.0409 e. The number of likely N-dealkylation sites (tertiary alicyclic amines) is 1. The highest BCUT2D eigenvalue weighted by Gasteiger charge is 2.25. The minimum atomic E-state index is 0.433. The van der Waals surface area contributed by atoms with Gasteiger partial charge in [0, 0.05) is 11.1 Å². The number of benzene rings is 1. The van der Waals surface area contributed by atoms with E-state index in [1.54, 1.807) is 0 Å². The summed E-state index contributed by atoms with van der Waals surface area (Å²) in [5.41, 5.74) is 1.31. The van der Waals surface area contributed by atoms with Crippen molar-refractivity contribution in [2.75, 3.05) is 27.2 Å². The third-order valence-electron chi connectivity index (χ3n) is 3.75. The molecule has 2 nitrogen and oxygen atoms in total. The van der Waals surface area contributed by atoms with E-state index in [0.29, 0.717) is 6.04 Å². The molecule has 1 fully saturated rings. The average molecular weight is 253 g/mol. The SMILES string of the molecule is CNC(c1cccc(Cl)c1)C1CCN(C)CC1. The fraction of sp³-hybridized carbons (Fsp3) is 0.571. The Labute approximate surface area is 109 Å². The van der Waals surface area contributed by atoms with Gasteiger partial charge in [0.05, 0.1) is 0 Å². The van der Waals surface area contributed by atoms with Gasteiger partial charge in [0.15, 0.2) is 0 Å². The molecule has 1 atom stereocenters. The van der Waals surface area contributed by atoms with Crippen LogP contribution in [-0.2, 0) is 0 Å². The maximum atomic E-state index is 6.07. The van der Waals surface area contributed by atoms with Gasteiger partial charge >= 0.3 is 0 Å². The maximum absolute atomic E-state index is 6.07. The van der Waals surface area contributed by atoms with Crippen molar-refractivity contribution in [3.8, 4) is 0 Å². The molecule has 1 aliphatic heterocycles. The van der Waals surface area contributed by atoms with Crippen molar-refractivity contribution in [2.24, 2.45) is 5.92 Å². The van der Waals surface area contributed by atoms with Crippen molar-refractivity contribution in [2.45, 2.75) is 18.9 Å². The molecule has 94 valence electrons. The summed E-state index contributed by atoms with van der Waals surface area (Å²) in [5, 5.41) is 4.28. The van der Waals surface area contributed by atoms with Crippen molar-refractivity contribution >= 4 is 11.6 Å². The first kappa shape index (κ1) is 12.9. The zero-order valence-corrected chi connectivity index (χ0v) is 11.4. The van der Waals surface area contributed by atoms with E-state index in [4.69, 9.17) is 11.6 Å². The molecule has 0 bridgehead atoms. The topological polar surface area (TPSA) is 15.3 Å². The van der Waals surface area contributed by atoms with Crippen LogP contribution in [0.1, 0.15) is 24.4 Å². The molecule has 1 N–H and O–H groups in total. The molecule has 0 spiro atoms. The zero-order chi connectivity index (χ0) is 12.3. The van der Waals surface area contributed by atoms with Crippen molar-refractivity contribution in [1.29, 1.82) is 0 Å². The lowest BCUT2D eigenvalue weighted by molar-refractivity contribution is 0.188. The fourth-order valence-electron chi connectivity index (χ4n) is 2.74. The second-order valence-corrected chi connectivity index (χ2v) is 5.40. The van der Waals surface area contributed by atoms with Gasteiger partial charge in [-0.15, -0.1) is 0 Å². The second kappa shape index (κ2) is 5.85. The number of hydrogen-bond acceptors (Lipinski definition) is 2. The minimum absolute atomic E-state index is 0.433. The predicted molar refractivity (Wildman–Crippen MR) is 73.5 cm³/mol. The molecule has 0 aliphatic carbocycles. The Balaban J connectivity index is 2.10. The second-order valence-electron chi connectivity index (χ2n) is 4.96. The van der Waals surface area contributed by atoms with E-state index in [1.165, 1.54) is 31.5 Å². The highest BCUT2D eigenvalue weighted by molar-refractivity contribution is 6.30. The lowest BCUT2D eigenvalue weighted by atomic mass is 9.85. The first-order chi connectivity index (χ1) is 8.20. The predicted octanol–water partition coefficient (Wildman–Crippen LogP) is 2.94. The molecule has 0 aromatic heterocycles. The lowest BCUT2D eigenvalue weighted by Crippen LogP contribution is -2.36. The standard InChI is InChI=1S/C14H21ClN2/c1-16-14(11-6-8-17(2)9-7-11)12-4-3-5-13(15)10-12/h3-5,10-11,14,16H,6-9H2,1-2H3. The van der Waals surface area contributed by atoms with E-state index in [0.717, 1.165) is 10.9 Å². The number of rotatable bonds is 3. The van der Waals surface area contributed by atoms with E-state index in [9.17, 15) is 0 Å². The normalized spacial score (nSPS) is 20.4. The lowest BCUT2D eigenvalue weighted by Gasteiger charge is -2.34. The molecule has 1 aromatic rings. The number of nitrogens with one attached hydrogen (secondary N) is 1. The minimum Gasteiger partial charge on any atom is -0.313 e. The van der Waals surface area contributed by atoms with Crippen LogP contribution in [0.15, 0.2) is 24.3 Å². The summed E-state index contributed by atoms with van der Waals surface area (Å²) in [4.78, 5) is 2.40. The average Bonchev–Trinajstić information content (AvgIpc) is 2.33. The van der Waals surface area contributed by atoms with Crippen LogP contribution < -0.4 is 5.32 Å². The highest BCUT2D eigenvalue weighted by Crippen LogP contribution is 2.31. The Morgan fingerprint density at radius 3 is 2.65 bits per heavy atom. The van der Waals surface area contributed by atoms with Crippen LogP contribution in [0.25, 0.3) is 0 Å². The molecule has 1 aliphatic rings. The smallest absolute Gasteiger partial charge is 0.0409 e. The van der Waals surface area contributed by atoms with Crippen LogP contribution in [0.4, 0.5) is 0 Å². The van der Waals surface area contributed by atoms with Crippen LogP contribution >= 0.6 is 11.6 Å². The Morgan fingerprint density at radius 2 is 2.06 bits per heavy atom. The molecular formula is C14H21ClN2. The molecular weight excluding hydrogens is 232 g/mol. The summed E-state index contributed by atoms with van der Waals surface area (Å²) in [6.45, 7) is 2.40. The Hall–Kier alpha value is -0.570. The molecule has 1 heterocycles. The molecule has 2 rings (SSSR count). The van der Waals surface area contributed by atoms with E-state index in [2.05, 4.69) is 29.4 Å². The van der Waals surface area contributed by atoms with Crippen LogP contribution in [-0.4, -0.2) is 32.1 Å².